The van der Waals surface area contributed by atoms with Gasteiger partial charge in [0.2, 0.25) is 0 Å². The molecule has 1 aromatic carbocycles. The van der Waals surface area contributed by atoms with Crippen LogP contribution in [0.5, 0.6) is 0 Å². The van der Waals surface area contributed by atoms with Crippen molar-refractivity contribution >= 4 is 11.3 Å². The van der Waals surface area contributed by atoms with Crippen molar-refractivity contribution in [1.29, 1.82) is 0 Å². The van der Waals surface area contributed by atoms with Gasteiger partial charge in [0.1, 0.15) is 0 Å². The molecular weight excluding hydrogens is 214 g/mol. The summed E-state index contributed by atoms with van der Waals surface area (Å²) < 4.78 is 0. The van der Waals surface area contributed by atoms with Crippen molar-refractivity contribution in [3.63, 3.8) is 0 Å². The maximum Gasteiger partial charge on any atom is 0.00517 e. The van der Waals surface area contributed by atoms with E-state index in [1.165, 1.54) is 10.4 Å². The molecule has 0 amide bonds. The van der Waals surface area contributed by atoms with E-state index in [4.69, 9.17) is 0 Å². The first-order valence-corrected chi connectivity index (χ1v) is 6.50. The fourth-order valence-electron chi connectivity index (χ4n) is 1.95. The molecule has 1 nitrogen and oxygen atoms in total. The summed E-state index contributed by atoms with van der Waals surface area (Å²) in [6, 6.07) is 15.1. The van der Waals surface area contributed by atoms with E-state index in [0.717, 1.165) is 13.0 Å². The predicted molar refractivity (Wildman–Crippen MR) is 71.1 cm³/mol. The molecule has 1 unspecified atom stereocenters. The summed E-state index contributed by atoms with van der Waals surface area (Å²) >= 11 is 1.84. The highest BCUT2D eigenvalue weighted by Crippen LogP contribution is 2.22. The highest BCUT2D eigenvalue weighted by atomic mass is 32.1. The third-order valence-electron chi connectivity index (χ3n) is 2.75. The van der Waals surface area contributed by atoms with E-state index in [1.54, 1.807) is 0 Å². The maximum absolute atomic E-state index is 3.28. The SMILES string of the molecule is CNCC(Cc1cccs1)c1ccccc1. The van der Waals surface area contributed by atoms with Crippen LogP contribution in [-0.4, -0.2) is 13.6 Å². The van der Waals surface area contributed by atoms with E-state index < -0.39 is 0 Å². The molecule has 2 rings (SSSR count). The van der Waals surface area contributed by atoms with E-state index in [-0.39, 0.29) is 0 Å². The van der Waals surface area contributed by atoms with Crippen LogP contribution in [0.3, 0.4) is 0 Å². The smallest absolute Gasteiger partial charge is 0.00517 e. The Balaban J connectivity index is 2.11. The maximum atomic E-state index is 3.28. The molecule has 0 spiro atoms. The topological polar surface area (TPSA) is 12.0 Å². The molecule has 0 aliphatic carbocycles. The van der Waals surface area contributed by atoms with Crippen molar-refractivity contribution in [3.05, 3.63) is 58.3 Å². The molecule has 0 saturated carbocycles. The third kappa shape index (κ3) is 2.94. The standard InChI is InChI=1S/C14H17NS/c1-15-11-13(10-14-8-5-9-16-14)12-6-3-2-4-7-12/h2-9,13,15H,10-11H2,1H3. The van der Waals surface area contributed by atoms with Crippen molar-refractivity contribution in [2.45, 2.75) is 12.3 Å². The molecule has 2 aromatic rings. The molecule has 1 atom stereocenters. The minimum absolute atomic E-state index is 0.574. The van der Waals surface area contributed by atoms with Gasteiger partial charge < -0.3 is 5.32 Å². The summed E-state index contributed by atoms with van der Waals surface area (Å²) in [6.45, 7) is 1.03. The zero-order valence-electron chi connectivity index (χ0n) is 9.52. The number of nitrogens with one attached hydrogen (secondary N) is 1. The molecule has 0 saturated heterocycles. The average molecular weight is 231 g/mol. The van der Waals surface area contributed by atoms with Gasteiger partial charge in [-0.2, -0.15) is 0 Å². The van der Waals surface area contributed by atoms with Gasteiger partial charge in [0.05, 0.1) is 0 Å². The summed E-state index contributed by atoms with van der Waals surface area (Å²) in [5, 5.41) is 5.43. The van der Waals surface area contributed by atoms with Crippen molar-refractivity contribution in [2.75, 3.05) is 13.6 Å². The second kappa shape index (κ2) is 5.83. The fourth-order valence-corrected chi connectivity index (χ4v) is 2.74. The van der Waals surface area contributed by atoms with Gasteiger partial charge in [-0.15, -0.1) is 11.3 Å². The number of benzene rings is 1. The number of rotatable bonds is 5. The van der Waals surface area contributed by atoms with Gasteiger partial charge in [0.15, 0.2) is 0 Å². The van der Waals surface area contributed by atoms with Gasteiger partial charge in [-0.05, 0) is 30.5 Å². The lowest BCUT2D eigenvalue weighted by Crippen LogP contribution is -2.18. The van der Waals surface area contributed by atoms with Gasteiger partial charge in [0, 0.05) is 17.3 Å². The zero-order valence-corrected chi connectivity index (χ0v) is 10.3. The molecule has 0 aliphatic rings. The first-order chi connectivity index (χ1) is 7.90. The number of thiophene rings is 1. The Labute approximate surface area is 101 Å². The Hall–Kier alpha value is -1.12. The molecular formula is C14H17NS. The Morgan fingerprint density at radius 2 is 1.94 bits per heavy atom. The second-order valence-corrected chi connectivity index (χ2v) is 4.98. The van der Waals surface area contributed by atoms with Crippen molar-refractivity contribution in [2.24, 2.45) is 0 Å². The third-order valence-corrected chi connectivity index (χ3v) is 3.65. The van der Waals surface area contributed by atoms with Crippen LogP contribution in [0.2, 0.25) is 0 Å². The first-order valence-electron chi connectivity index (χ1n) is 5.62. The van der Waals surface area contributed by atoms with Gasteiger partial charge in [-0.25, -0.2) is 0 Å². The van der Waals surface area contributed by atoms with Crippen LogP contribution < -0.4 is 5.32 Å². The van der Waals surface area contributed by atoms with E-state index in [1.807, 2.05) is 18.4 Å². The van der Waals surface area contributed by atoms with Crippen molar-refractivity contribution < 1.29 is 0 Å². The Bertz CT molecular complexity index is 394. The second-order valence-electron chi connectivity index (χ2n) is 3.95. The number of likely N-dealkylation sites (N-methyl/N-ethyl adjacent to an activating group) is 1. The average Bonchev–Trinajstić information content (AvgIpc) is 2.83. The molecule has 0 radical (unpaired) electrons. The van der Waals surface area contributed by atoms with Crippen LogP contribution in [0.15, 0.2) is 47.8 Å². The summed E-state index contributed by atoms with van der Waals surface area (Å²) in [7, 11) is 2.02. The van der Waals surface area contributed by atoms with E-state index in [2.05, 4.69) is 53.2 Å². The monoisotopic (exact) mass is 231 g/mol. The summed E-state index contributed by atoms with van der Waals surface area (Å²) in [5.41, 5.74) is 1.42. The van der Waals surface area contributed by atoms with E-state index in [9.17, 15) is 0 Å². The Kier molecular flexibility index (Phi) is 4.14. The van der Waals surface area contributed by atoms with Gasteiger partial charge in [0.25, 0.3) is 0 Å². The first kappa shape index (κ1) is 11.4. The van der Waals surface area contributed by atoms with Crippen LogP contribution in [0, 0.1) is 0 Å². The molecule has 1 aromatic heterocycles. The largest absolute Gasteiger partial charge is 0.319 e. The fraction of sp³-hybridized carbons (Fsp3) is 0.286. The number of hydrogen-bond donors (Lipinski definition) is 1. The molecule has 1 N–H and O–H groups in total. The molecule has 16 heavy (non-hydrogen) atoms. The lowest BCUT2D eigenvalue weighted by molar-refractivity contribution is 0.630. The molecule has 0 aliphatic heterocycles. The predicted octanol–water partition coefficient (Wildman–Crippen LogP) is 3.29. The molecule has 2 heteroatoms. The normalized spacial score (nSPS) is 12.6. The molecule has 1 heterocycles. The lowest BCUT2D eigenvalue weighted by Gasteiger charge is -2.16. The van der Waals surface area contributed by atoms with Crippen LogP contribution in [0.25, 0.3) is 0 Å². The van der Waals surface area contributed by atoms with Crippen LogP contribution in [-0.2, 0) is 6.42 Å². The minimum atomic E-state index is 0.574. The van der Waals surface area contributed by atoms with Crippen LogP contribution in [0.1, 0.15) is 16.4 Å². The highest BCUT2D eigenvalue weighted by molar-refractivity contribution is 7.09. The lowest BCUT2D eigenvalue weighted by atomic mass is 9.95. The molecule has 0 fully saturated rings. The Morgan fingerprint density at radius 1 is 1.12 bits per heavy atom. The Morgan fingerprint density at radius 3 is 2.56 bits per heavy atom. The van der Waals surface area contributed by atoms with Crippen LogP contribution in [0.4, 0.5) is 0 Å². The molecule has 0 bridgehead atoms. The van der Waals surface area contributed by atoms with Crippen molar-refractivity contribution in [3.8, 4) is 0 Å². The van der Waals surface area contributed by atoms with Crippen molar-refractivity contribution in [1.82, 2.24) is 5.32 Å². The van der Waals surface area contributed by atoms with Crippen LogP contribution >= 0.6 is 11.3 Å². The van der Waals surface area contributed by atoms with E-state index in [0.29, 0.717) is 5.92 Å². The van der Waals surface area contributed by atoms with E-state index >= 15 is 0 Å². The highest BCUT2D eigenvalue weighted by Gasteiger charge is 2.11. The van der Waals surface area contributed by atoms with Gasteiger partial charge >= 0.3 is 0 Å². The summed E-state index contributed by atoms with van der Waals surface area (Å²) in [6.07, 6.45) is 1.13. The number of hydrogen-bond acceptors (Lipinski definition) is 2. The quantitative estimate of drug-likeness (QED) is 0.832. The molecule has 84 valence electrons. The van der Waals surface area contributed by atoms with Gasteiger partial charge in [-0.1, -0.05) is 36.4 Å². The zero-order chi connectivity index (χ0) is 11.2. The summed E-state index contributed by atoms with van der Waals surface area (Å²) in [5.74, 6) is 0.574. The minimum Gasteiger partial charge on any atom is -0.319 e. The van der Waals surface area contributed by atoms with Gasteiger partial charge in [-0.3, -0.25) is 0 Å². The summed E-state index contributed by atoms with van der Waals surface area (Å²) in [4.78, 5) is 1.46.